The molecule has 0 amide bonds. The summed E-state index contributed by atoms with van der Waals surface area (Å²) in [6, 6.07) is 11.4. The fraction of sp³-hybridized carbons (Fsp3) is 0. The Morgan fingerprint density at radius 1 is 1.30 bits per heavy atom. The normalized spacial score (nSPS) is 12.0. The maximum absolute atomic E-state index is 6.37. The molecule has 2 N–H and O–H groups in total. The molecule has 3 rings (SSSR count). The molecule has 2 aromatic heterocycles. The van der Waals surface area contributed by atoms with Crippen molar-refractivity contribution in [2.24, 2.45) is 10.7 Å². The maximum atomic E-state index is 6.37. The number of halogens is 2. The molecule has 0 saturated carbocycles. The molecule has 4 nitrogen and oxygen atoms in total. The van der Waals surface area contributed by atoms with Crippen LogP contribution in [0.4, 0.5) is 5.69 Å². The van der Waals surface area contributed by atoms with Gasteiger partial charge in [-0.25, -0.2) is 9.51 Å². The van der Waals surface area contributed by atoms with E-state index in [0.717, 1.165) is 15.7 Å². The minimum absolute atomic E-state index is 0.341. The fourth-order valence-electron chi connectivity index (χ4n) is 1.87. The summed E-state index contributed by atoms with van der Waals surface area (Å²) in [7, 11) is 0. The van der Waals surface area contributed by atoms with Crippen LogP contribution >= 0.6 is 27.5 Å². The van der Waals surface area contributed by atoms with Crippen LogP contribution in [0.2, 0.25) is 5.02 Å². The van der Waals surface area contributed by atoms with Crippen molar-refractivity contribution >= 4 is 44.6 Å². The number of amidine groups is 1. The van der Waals surface area contributed by atoms with Gasteiger partial charge in [0.05, 0.1) is 28.0 Å². The number of nitrogens with two attached hydrogens (primary N) is 1. The standard InChI is InChI=1S/C14H10BrClN4/c15-9-6-12-13(16)11(7-18-20(12)8-9)14(17)19-10-4-2-1-3-5-10/h1-8H,(H2,17,19). The minimum atomic E-state index is 0.341. The summed E-state index contributed by atoms with van der Waals surface area (Å²) in [5.74, 6) is 0.341. The Hall–Kier alpha value is -1.85. The van der Waals surface area contributed by atoms with Crippen LogP contribution in [-0.2, 0) is 0 Å². The lowest BCUT2D eigenvalue weighted by atomic mass is 10.2. The van der Waals surface area contributed by atoms with E-state index in [1.807, 2.05) is 42.6 Å². The largest absolute Gasteiger partial charge is 0.383 e. The van der Waals surface area contributed by atoms with Gasteiger partial charge in [0.2, 0.25) is 0 Å². The molecule has 0 saturated heterocycles. The van der Waals surface area contributed by atoms with Crippen LogP contribution in [0.5, 0.6) is 0 Å². The average Bonchev–Trinajstić information content (AvgIpc) is 2.82. The predicted molar refractivity (Wildman–Crippen MR) is 84.7 cm³/mol. The van der Waals surface area contributed by atoms with E-state index in [1.165, 1.54) is 0 Å². The van der Waals surface area contributed by atoms with Gasteiger partial charge >= 0.3 is 0 Å². The summed E-state index contributed by atoms with van der Waals surface area (Å²) in [6.45, 7) is 0. The molecule has 0 unspecified atom stereocenters. The van der Waals surface area contributed by atoms with Crippen LogP contribution in [0.15, 0.2) is 58.3 Å². The third-order valence-corrected chi connectivity index (χ3v) is 3.65. The van der Waals surface area contributed by atoms with Gasteiger partial charge in [-0.1, -0.05) is 29.8 Å². The first-order valence-corrected chi connectivity index (χ1v) is 7.04. The van der Waals surface area contributed by atoms with E-state index >= 15 is 0 Å². The zero-order valence-electron chi connectivity index (χ0n) is 10.3. The van der Waals surface area contributed by atoms with Gasteiger partial charge in [0.15, 0.2) is 0 Å². The number of benzene rings is 1. The summed E-state index contributed by atoms with van der Waals surface area (Å²) in [6.07, 6.45) is 3.44. The Morgan fingerprint density at radius 3 is 2.80 bits per heavy atom. The van der Waals surface area contributed by atoms with Crippen molar-refractivity contribution in [1.82, 2.24) is 9.61 Å². The smallest absolute Gasteiger partial charge is 0.134 e. The van der Waals surface area contributed by atoms with Crippen LogP contribution < -0.4 is 5.73 Å². The maximum Gasteiger partial charge on any atom is 0.134 e. The highest BCUT2D eigenvalue weighted by molar-refractivity contribution is 9.10. The second-order valence-electron chi connectivity index (χ2n) is 4.19. The van der Waals surface area contributed by atoms with Gasteiger partial charge in [0, 0.05) is 10.7 Å². The molecule has 0 bridgehead atoms. The lowest BCUT2D eigenvalue weighted by Gasteiger charge is -2.05. The monoisotopic (exact) mass is 348 g/mol. The molecule has 0 aliphatic heterocycles. The van der Waals surface area contributed by atoms with Gasteiger partial charge in [-0.15, -0.1) is 0 Å². The highest BCUT2D eigenvalue weighted by Crippen LogP contribution is 2.25. The summed E-state index contributed by atoms with van der Waals surface area (Å²) < 4.78 is 2.59. The number of hydrogen-bond donors (Lipinski definition) is 1. The molecule has 0 fully saturated rings. The van der Waals surface area contributed by atoms with E-state index < -0.39 is 0 Å². The van der Waals surface area contributed by atoms with Crippen LogP contribution in [0.1, 0.15) is 5.56 Å². The van der Waals surface area contributed by atoms with Crippen LogP contribution in [-0.4, -0.2) is 15.4 Å². The molecule has 0 aliphatic carbocycles. The molecular formula is C14H10BrClN4. The van der Waals surface area contributed by atoms with Crippen LogP contribution in [0.25, 0.3) is 5.52 Å². The van der Waals surface area contributed by atoms with E-state index in [4.69, 9.17) is 17.3 Å². The molecule has 0 aliphatic rings. The lowest BCUT2D eigenvalue weighted by Crippen LogP contribution is -2.14. The van der Waals surface area contributed by atoms with E-state index in [-0.39, 0.29) is 0 Å². The highest BCUT2D eigenvalue weighted by atomic mass is 79.9. The van der Waals surface area contributed by atoms with Gasteiger partial charge in [-0.2, -0.15) is 5.10 Å². The predicted octanol–water partition coefficient (Wildman–Crippen LogP) is 3.79. The van der Waals surface area contributed by atoms with E-state index in [0.29, 0.717) is 16.4 Å². The molecule has 100 valence electrons. The second kappa shape index (κ2) is 5.26. The minimum Gasteiger partial charge on any atom is -0.383 e. The Balaban J connectivity index is 2.10. The molecule has 3 aromatic rings. The number of nitrogens with zero attached hydrogens (tertiary/aromatic N) is 3. The molecule has 0 spiro atoms. The third-order valence-electron chi connectivity index (χ3n) is 2.82. The summed E-state index contributed by atoms with van der Waals surface area (Å²) in [5.41, 5.74) is 8.20. The number of fused-ring (bicyclic) bond motifs is 1. The number of aromatic nitrogens is 2. The molecule has 0 radical (unpaired) electrons. The highest BCUT2D eigenvalue weighted by Gasteiger charge is 2.11. The fourth-order valence-corrected chi connectivity index (χ4v) is 2.57. The van der Waals surface area contributed by atoms with E-state index in [1.54, 1.807) is 10.7 Å². The number of rotatable bonds is 2. The van der Waals surface area contributed by atoms with Gasteiger partial charge < -0.3 is 5.73 Å². The summed E-state index contributed by atoms with van der Waals surface area (Å²) in [4.78, 5) is 4.35. The quantitative estimate of drug-likeness (QED) is 0.565. The van der Waals surface area contributed by atoms with Crippen LogP contribution in [0.3, 0.4) is 0 Å². The van der Waals surface area contributed by atoms with Gasteiger partial charge in [-0.3, -0.25) is 0 Å². The zero-order valence-corrected chi connectivity index (χ0v) is 12.6. The van der Waals surface area contributed by atoms with Crippen molar-refractivity contribution in [3.05, 3.63) is 63.9 Å². The lowest BCUT2D eigenvalue weighted by molar-refractivity contribution is 0.937. The Labute approximate surface area is 129 Å². The second-order valence-corrected chi connectivity index (χ2v) is 5.49. The SMILES string of the molecule is NC(=Nc1ccccc1)c1cnn2cc(Br)cc2c1Cl. The van der Waals surface area contributed by atoms with Gasteiger partial charge in [-0.05, 0) is 34.1 Å². The third kappa shape index (κ3) is 2.42. The first-order chi connectivity index (χ1) is 9.65. The molecular weight excluding hydrogens is 340 g/mol. The van der Waals surface area contributed by atoms with Crippen molar-refractivity contribution < 1.29 is 0 Å². The van der Waals surface area contributed by atoms with Crippen molar-refractivity contribution in [2.45, 2.75) is 0 Å². The van der Waals surface area contributed by atoms with Gasteiger partial charge in [0.1, 0.15) is 5.84 Å². The zero-order chi connectivity index (χ0) is 14.1. The number of hydrogen-bond acceptors (Lipinski definition) is 2. The summed E-state index contributed by atoms with van der Waals surface area (Å²) in [5, 5.41) is 4.80. The van der Waals surface area contributed by atoms with Crippen molar-refractivity contribution in [3.8, 4) is 0 Å². The van der Waals surface area contributed by atoms with Crippen molar-refractivity contribution in [1.29, 1.82) is 0 Å². The first-order valence-electron chi connectivity index (χ1n) is 5.87. The van der Waals surface area contributed by atoms with E-state index in [9.17, 15) is 0 Å². The Bertz CT molecular complexity index is 796. The van der Waals surface area contributed by atoms with Crippen LogP contribution in [0, 0.1) is 0 Å². The first kappa shape index (κ1) is 13.1. The number of aliphatic imine (C=N–C) groups is 1. The summed E-state index contributed by atoms with van der Waals surface area (Å²) >= 11 is 9.77. The Morgan fingerprint density at radius 2 is 2.05 bits per heavy atom. The van der Waals surface area contributed by atoms with Crippen molar-refractivity contribution in [3.63, 3.8) is 0 Å². The average molecular weight is 350 g/mol. The molecule has 20 heavy (non-hydrogen) atoms. The number of para-hydroxylation sites is 1. The van der Waals surface area contributed by atoms with Gasteiger partial charge in [0.25, 0.3) is 0 Å². The Kier molecular flexibility index (Phi) is 3.46. The van der Waals surface area contributed by atoms with Crippen molar-refractivity contribution in [2.75, 3.05) is 0 Å². The van der Waals surface area contributed by atoms with E-state index in [2.05, 4.69) is 26.0 Å². The molecule has 6 heteroatoms. The molecule has 2 heterocycles. The topological polar surface area (TPSA) is 55.7 Å². The molecule has 1 aromatic carbocycles. The molecule has 0 atom stereocenters.